The number of aromatic nitrogens is 3. The molecule has 2 aromatic heterocycles. The van der Waals surface area contributed by atoms with Crippen LogP contribution in [0.4, 0.5) is 5.95 Å². The van der Waals surface area contributed by atoms with Crippen LogP contribution >= 0.6 is 11.6 Å². The van der Waals surface area contributed by atoms with Crippen molar-refractivity contribution in [2.24, 2.45) is 0 Å². The summed E-state index contributed by atoms with van der Waals surface area (Å²) in [5.74, 6) is 1.83. The second-order valence-electron chi connectivity index (χ2n) is 8.69. The van der Waals surface area contributed by atoms with Crippen molar-refractivity contribution in [3.63, 3.8) is 0 Å². The number of nitrogens with zero attached hydrogens (tertiary/aromatic N) is 4. The van der Waals surface area contributed by atoms with Crippen LogP contribution in [0.25, 0.3) is 11.5 Å². The molecule has 1 aliphatic heterocycles. The van der Waals surface area contributed by atoms with Crippen LogP contribution in [-0.4, -0.2) is 73.0 Å². The van der Waals surface area contributed by atoms with Crippen molar-refractivity contribution < 1.29 is 13.7 Å². The lowest BCUT2D eigenvalue weighted by atomic mass is 9.92. The van der Waals surface area contributed by atoms with Gasteiger partial charge in [0.1, 0.15) is 5.69 Å². The molecule has 2 fully saturated rings. The van der Waals surface area contributed by atoms with E-state index in [4.69, 9.17) is 20.8 Å². The van der Waals surface area contributed by atoms with Crippen LogP contribution in [0.3, 0.4) is 0 Å². The molecule has 31 heavy (non-hydrogen) atoms. The molecule has 1 unspecified atom stereocenters. The molecular formula is C20H29ClN6O3S. The van der Waals surface area contributed by atoms with Gasteiger partial charge in [-0.15, -0.1) is 0 Å². The molecule has 1 saturated carbocycles. The van der Waals surface area contributed by atoms with E-state index in [1.807, 2.05) is 0 Å². The molecule has 1 saturated heterocycles. The van der Waals surface area contributed by atoms with Crippen LogP contribution in [0.1, 0.15) is 43.9 Å². The third-order valence-corrected chi connectivity index (χ3v) is 8.26. The van der Waals surface area contributed by atoms with Gasteiger partial charge in [-0.1, -0.05) is 11.6 Å². The number of halogens is 1. The van der Waals surface area contributed by atoms with Crippen LogP contribution in [0, 0.1) is 4.78 Å². The molecule has 0 amide bonds. The molecule has 0 radical (unpaired) electrons. The van der Waals surface area contributed by atoms with E-state index in [1.54, 1.807) is 6.20 Å². The highest BCUT2D eigenvalue weighted by atomic mass is 35.5. The van der Waals surface area contributed by atoms with Crippen LogP contribution in [0.5, 0.6) is 0 Å². The minimum atomic E-state index is -2.67. The van der Waals surface area contributed by atoms with Gasteiger partial charge < -0.3 is 19.7 Å². The first kappa shape index (κ1) is 22.4. The standard InChI is InChI=1S/C20H29ClN6O3S/c1-27-7-5-12(6-8-27)19-23-11-17(30-19)18-14(21)10-24-20(26-18)25-15-4-3-13(9-16(15)28)31(2,22)29/h10-13,15-16,22,28H,3-9H2,1-2H3,(H,24,25,26)/t13-,15-,16-,31?/m1/s1. The lowest BCUT2D eigenvalue weighted by Gasteiger charge is -2.33. The Morgan fingerprint density at radius 3 is 2.68 bits per heavy atom. The van der Waals surface area contributed by atoms with Gasteiger partial charge in [-0.05, 0) is 52.2 Å². The summed E-state index contributed by atoms with van der Waals surface area (Å²) in [6.07, 6.45) is 7.38. The molecule has 170 valence electrons. The number of piperidine rings is 1. The lowest BCUT2D eigenvalue weighted by Crippen LogP contribution is -2.43. The van der Waals surface area contributed by atoms with E-state index in [9.17, 15) is 9.32 Å². The molecule has 0 aromatic carbocycles. The van der Waals surface area contributed by atoms with Crippen LogP contribution in [-0.2, 0) is 9.73 Å². The number of hydrogen-bond donors (Lipinski definition) is 3. The monoisotopic (exact) mass is 468 g/mol. The molecule has 0 bridgehead atoms. The Morgan fingerprint density at radius 1 is 1.26 bits per heavy atom. The predicted molar refractivity (Wildman–Crippen MR) is 120 cm³/mol. The maximum absolute atomic E-state index is 12.0. The first-order chi connectivity index (χ1) is 14.7. The summed E-state index contributed by atoms with van der Waals surface area (Å²) in [6.45, 7) is 2.03. The Balaban J connectivity index is 1.47. The molecule has 4 atom stereocenters. The summed E-state index contributed by atoms with van der Waals surface area (Å²) in [7, 11) is -0.558. The summed E-state index contributed by atoms with van der Waals surface area (Å²) < 4.78 is 25.8. The van der Waals surface area contributed by atoms with Crippen LogP contribution in [0.15, 0.2) is 16.8 Å². The number of aliphatic hydroxyl groups excluding tert-OH is 1. The molecule has 1 aliphatic carbocycles. The predicted octanol–water partition coefficient (Wildman–Crippen LogP) is 2.96. The second-order valence-corrected chi connectivity index (χ2v) is 11.6. The Labute approximate surface area is 187 Å². The Morgan fingerprint density at radius 2 is 2.00 bits per heavy atom. The largest absolute Gasteiger partial charge is 0.439 e. The van der Waals surface area contributed by atoms with Gasteiger partial charge in [0.25, 0.3) is 0 Å². The smallest absolute Gasteiger partial charge is 0.223 e. The lowest BCUT2D eigenvalue weighted by molar-refractivity contribution is 0.118. The SMILES string of the molecule is CN1CCC(c2ncc(-c3nc(N[C@@H]4CC[C@@H](S(C)(=N)=O)C[C@H]4O)ncc3Cl)o2)CC1. The van der Waals surface area contributed by atoms with Crippen molar-refractivity contribution in [1.29, 1.82) is 4.78 Å². The number of oxazole rings is 1. The van der Waals surface area contributed by atoms with E-state index in [2.05, 4.69) is 32.2 Å². The molecule has 2 aromatic rings. The van der Waals surface area contributed by atoms with Gasteiger partial charge in [0.2, 0.25) is 5.95 Å². The van der Waals surface area contributed by atoms with Crippen molar-refractivity contribution in [2.75, 3.05) is 31.7 Å². The van der Waals surface area contributed by atoms with Gasteiger partial charge >= 0.3 is 0 Å². The highest BCUT2D eigenvalue weighted by Gasteiger charge is 2.33. The van der Waals surface area contributed by atoms with Crippen LogP contribution in [0.2, 0.25) is 5.02 Å². The van der Waals surface area contributed by atoms with Crippen molar-refractivity contribution in [2.45, 2.75) is 55.4 Å². The van der Waals surface area contributed by atoms with Crippen molar-refractivity contribution in [1.82, 2.24) is 19.9 Å². The summed E-state index contributed by atoms with van der Waals surface area (Å²) in [5.41, 5.74) is 0.455. The van der Waals surface area contributed by atoms with Crippen molar-refractivity contribution in [3.05, 3.63) is 23.3 Å². The number of likely N-dealkylation sites (tertiary alicyclic amines) is 1. The van der Waals surface area contributed by atoms with Crippen LogP contribution < -0.4 is 5.32 Å². The van der Waals surface area contributed by atoms with Gasteiger partial charge in [0, 0.05) is 27.2 Å². The first-order valence-electron chi connectivity index (χ1n) is 10.5. The topological polar surface area (TPSA) is 128 Å². The number of hydrogen-bond acceptors (Lipinski definition) is 9. The summed E-state index contributed by atoms with van der Waals surface area (Å²) in [6, 6.07) is -0.281. The summed E-state index contributed by atoms with van der Waals surface area (Å²) in [4.78, 5) is 15.5. The minimum absolute atomic E-state index is 0.281. The molecule has 2 aliphatic rings. The minimum Gasteiger partial charge on any atom is -0.439 e. The number of nitrogens with one attached hydrogen (secondary N) is 2. The fourth-order valence-corrected chi connectivity index (χ4v) is 5.64. The van der Waals surface area contributed by atoms with Gasteiger partial charge in [-0.3, -0.25) is 4.78 Å². The van der Waals surface area contributed by atoms with Gasteiger partial charge in [-0.25, -0.2) is 19.2 Å². The normalized spacial score (nSPS) is 27.7. The third-order valence-electron chi connectivity index (χ3n) is 6.29. The summed E-state index contributed by atoms with van der Waals surface area (Å²) >= 11 is 6.34. The zero-order valence-corrected chi connectivity index (χ0v) is 19.3. The molecule has 3 heterocycles. The van der Waals surface area contributed by atoms with E-state index in [1.165, 1.54) is 12.5 Å². The maximum Gasteiger partial charge on any atom is 0.223 e. The summed E-state index contributed by atoms with van der Waals surface area (Å²) in [5, 5.41) is 13.7. The van der Waals surface area contributed by atoms with E-state index < -0.39 is 15.8 Å². The number of anilines is 1. The van der Waals surface area contributed by atoms with E-state index in [0.717, 1.165) is 25.9 Å². The molecule has 11 heteroatoms. The number of aliphatic hydroxyl groups is 1. The molecule has 9 nitrogen and oxygen atoms in total. The van der Waals surface area contributed by atoms with E-state index in [-0.39, 0.29) is 11.3 Å². The Bertz CT molecular complexity index is 1020. The first-order valence-corrected chi connectivity index (χ1v) is 13.0. The van der Waals surface area contributed by atoms with Gasteiger partial charge in [0.15, 0.2) is 11.7 Å². The van der Waals surface area contributed by atoms with E-state index in [0.29, 0.717) is 53.5 Å². The fourth-order valence-electron chi connectivity index (χ4n) is 4.30. The van der Waals surface area contributed by atoms with Crippen molar-refractivity contribution in [3.8, 4) is 11.5 Å². The van der Waals surface area contributed by atoms with Gasteiger partial charge in [-0.2, -0.15) is 0 Å². The second kappa shape index (κ2) is 9.01. The number of rotatable bonds is 5. The molecule has 4 rings (SSSR count). The highest BCUT2D eigenvalue weighted by molar-refractivity contribution is 7.92. The van der Waals surface area contributed by atoms with Crippen molar-refractivity contribution >= 4 is 27.3 Å². The highest BCUT2D eigenvalue weighted by Crippen LogP contribution is 2.33. The maximum atomic E-state index is 12.0. The Kier molecular flexibility index (Phi) is 6.52. The fraction of sp³-hybridized carbons (Fsp3) is 0.650. The average molecular weight is 469 g/mol. The van der Waals surface area contributed by atoms with E-state index >= 15 is 0 Å². The zero-order chi connectivity index (χ0) is 22.2. The quantitative estimate of drug-likeness (QED) is 0.610. The molecule has 0 spiro atoms. The molecule has 3 N–H and O–H groups in total. The van der Waals surface area contributed by atoms with Gasteiger partial charge in [0.05, 0.1) is 29.6 Å². The zero-order valence-electron chi connectivity index (χ0n) is 17.8. The Hall–Kier alpha value is -1.75. The third kappa shape index (κ3) is 5.19. The average Bonchev–Trinajstić information content (AvgIpc) is 3.20. The molecular weight excluding hydrogens is 440 g/mol.